The van der Waals surface area contributed by atoms with Gasteiger partial charge in [0.25, 0.3) is 5.91 Å². The van der Waals surface area contributed by atoms with Gasteiger partial charge in [0.05, 0.1) is 26.4 Å². The van der Waals surface area contributed by atoms with E-state index in [0.29, 0.717) is 19.8 Å². The summed E-state index contributed by atoms with van der Waals surface area (Å²) in [6.07, 6.45) is 0. The normalized spacial score (nSPS) is 17.8. The molecule has 154 valence electrons. The van der Waals surface area contributed by atoms with E-state index in [1.54, 1.807) is 7.11 Å². The largest absolute Gasteiger partial charge is 0.380 e. The minimum Gasteiger partial charge on any atom is -0.380 e. The number of hydrogen-bond donors (Lipinski definition) is 0. The maximum absolute atomic E-state index is 12.8. The smallest absolute Gasteiger partial charge is 0.253 e. The van der Waals surface area contributed by atoms with Crippen molar-refractivity contribution >= 4 is 11.6 Å². The summed E-state index contributed by atoms with van der Waals surface area (Å²) < 4.78 is 16.3. The molecule has 2 aromatic carbocycles. The molecule has 0 atom stereocenters. The summed E-state index contributed by atoms with van der Waals surface area (Å²) >= 11 is 0. The van der Waals surface area contributed by atoms with E-state index < -0.39 is 0 Å². The fourth-order valence-electron chi connectivity index (χ4n) is 3.90. The van der Waals surface area contributed by atoms with Crippen molar-refractivity contribution in [2.45, 2.75) is 13.2 Å². The summed E-state index contributed by atoms with van der Waals surface area (Å²) in [7, 11) is 1.70. The number of benzene rings is 2. The van der Waals surface area contributed by atoms with Crippen LogP contribution in [-0.2, 0) is 32.2 Å². The first-order valence-corrected chi connectivity index (χ1v) is 10.1. The van der Waals surface area contributed by atoms with Crippen LogP contribution in [0.1, 0.15) is 11.1 Å². The Morgan fingerprint density at radius 3 is 2.62 bits per heavy atom. The van der Waals surface area contributed by atoms with Gasteiger partial charge < -0.3 is 19.1 Å². The lowest BCUT2D eigenvalue weighted by atomic mass is 10.00. The Morgan fingerprint density at radius 1 is 0.966 bits per heavy atom. The minimum atomic E-state index is 0.0160. The lowest BCUT2D eigenvalue weighted by molar-refractivity contribution is -0.123. The van der Waals surface area contributed by atoms with Crippen molar-refractivity contribution in [3.05, 3.63) is 53.6 Å². The Morgan fingerprint density at radius 2 is 1.79 bits per heavy atom. The Bertz CT molecular complexity index is 849. The summed E-state index contributed by atoms with van der Waals surface area (Å²) in [5, 5.41) is 0. The van der Waals surface area contributed by atoms with Gasteiger partial charge in [-0.25, -0.2) is 0 Å². The van der Waals surface area contributed by atoms with Crippen molar-refractivity contribution in [3.63, 3.8) is 0 Å². The maximum atomic E-state index is 12.8. The molecule has 0 aliphatic carbocycles. The van der Waals surface area contributed by atoms with Crippen molar-refractivity contribution in [3.8, 4) is 11.1 Å². The van der Waals surface area contributed by atoms with E-state index in [-0.39, 0.29) is 12.5 Å². The van der Waals surface area contributed by atoms with Gasteiger partial charge in [-0.3, -0.25) is 9.69 Å². The van der Waals surface area contributed by atoms with Crippen molar-refractivity contribution in [2.24, 2.45) is 0 Å². The van der Waals surface area contributed by atoms with Crippen LogP contribution < -0.4 is 4.90 Å². The number of amides is 1. The summed E-state index contributed by atoms with van der Waals surface area (Å²) in [5.41, 5.74) is 5.34. The Hall–Kier alpha value is -2.25. The number of nitrogens with zero attached hydrogens (tertiary/aromatic N) is 2. The average Bonchev–Trinajstić information content (AvgIpc) is 2.91. The van der Waals surface area contributed by atoms with Gasteiger partial charge >= 0.3 is 0 Å². The molecule has 4 rings (SSSR count). The SMILES string of the molecule is COCc1cccc(-c2ccc3c(c2)N(CCN2CCOCC2)C(=O)COC3)c1. The number of fused-ring (bicyclic) bond motifs is 1. The third-order valence-corrected chi connectivity index (χ3v) is 5.48. The molecule has 6 nitrogen and oxygen atoms in total. The molecule has 2 aromatic rings. The fourth-order valence-corrected chi connectivity index (χ4v) is 3.90. The van der Waals surface area contributed by atoms with E-state index in [0.717, 1.165) is 60.8 Å². The topological polar surface area (TPSA) is 51.2 Å². The van der Waals surface area contributed by atoms with Crippen molar-refractivity contribution in [1.82, 2.24) is 4.90 Å². The van der Waals surface area contributed by atoms with Crippen LogP contribution in [0.25, 0.3) is 11.1 Å². The molecule has 2 heterocycles. The van der Waals surface area contributed by atoms with Gasteiger partial charge in [0.1, 0.15) is 6.61 Å². The van der Waals surface area contributed by atoms with E-state index in [1.807, 2.05) is 11.0 Å². The first-order chi connectivity index (χ1) is 14.2. The molecule has 0 N–H and O–H groups in total. The third-order valence-electron chi connectivity index (χ3n) is 5.48. The Balaban J connectivity index is 1.60. The first kappa shape index (κ1) is 20.0. The van der Waals surface area contributed by atoms with Crippen LogP contribution in [0.3, 0.4) is 0 Å². The molecule has 0 aromatic heterocycles. The van der Waals surface area contributed by atoms with E-state index in [4.69, 9.17) is 14.2 Å². The number of morpholine rings is 1. The van der Waals surface area contributed by atoms with Gasteiger partial charge in [-0.15, -0.1) is 0 Å². The Labute approximate surface area is 172 Å². The molecule has 1 amide bonds. The molecular formula is C23H28N2O4. The summed E-state index contributed by atoms with van der Waals surface area (Å²) in [5.74, 6) is 0.0160. The second-order valence-corrected chi connectivity index (χ2v) is 7.47. The first-order valence-electron chi connectivity index (χ1n) is 10.1. The van der Waals surface area contributed by atoms with Crippen LogP contribution in [0.4, 0.5) is 5.69 Å². The van der Waals surface area contributed by atoms with E-state index >= 15 is 0 Å². The van der Waals surface area contributed by atoms with Gasteiger partial charge in [-0.2, -0.15) is 0 Å². The molecule has 29 heavy (non-hydrogen) atoms. The number of methoxy groups -OCH3 is 1. The number of carbonyl (C=O) groups excluding carboxylic acids is 1. The second kappa shape index (κ2) is 9.50. The highest BCUT2D eigenvalue weighted by Crippen LogP contribution is 2.31. The van der Waals surface area contributed by atoms with Gasteiger partial charge in [-0.1, -0.05) is 30.3 Å². The summed E-state index contributed by atoms with van der Waals surface area (Å²) in [6, 6.07) is 14.6. The molecule has 0 spiro atoms. The van der Waals surface area contributed by atoms with Crippen LogP contribution in [0.2, 0.25) is 0 Å². The molecule has 1 saturated heterocycles. The zero-order valence-electron chi connectivity index (χ0n) is 16.9. The van der Waals surface area contributed by atoms with Crippen LogP contribution >= 0.6 is 0 Å². The van der Waals surface area contributed by atoms with Gasteiger partial charge in [0.2, 0.25) is 0 Å². The number of anilines is 1. The standard InChI is InChI=1S/C23H28N2O4/c1-27-15-18-3-2-4-19(13-18)20-5-6-21-16-29-17-23(26)25(22(21)14-20)8-7-24-9-11-28-12-10-24/h2-6,13-14H,7-12,15-17H2,1H3. The quantitative estimate of drug-likeness (QED) is 0.752. The fraction of sp³-hybridized carbons (Fsp3) is 0.435. The Kier molecular flexibility index (Phi) is 6.56. The van der Waals surface area contributed by atoms with Crippen LogP contribution in [0, 0.1) is 0 Å². The molecule has 0 saturated carbocycles. The number of ether oxygens (including phenoxy) is 3. The second-order valence-electron chi connectivity index (χ2n) is 7.47. The molecular weight excluding hydrogens is 368 g/mol. The van der Waals surface area contributed by atoms with E-state index in [1.165, 1.54) is 0 Å². The lowest BCUT2D eigenvalue weighted by Gasteiger charge is -2.30. The zero-order valence-corrected chi connectivity index (χ0v) is 16.9. The zero-order chi connectivity index (χ0) is 20.1. The molecule has 2 aliphatic rings. The predicted octanol–water partition coefficient (Wildman–Crippen LogP) is 2.70. The highest BCUT2D eigenvalue weighted by molar-refractivity contribution is 5.96. The minimum absolute atomic E-state index is 0.0160. The third kappa shape index (κ3) is 4.85. The maximum Gasteiger partial charge on any atom is 0.253 e. The summed E-state index contributed by atoms with van der Waals surface area (Å²) in [6.45, 7) is 6.00. The predicted molar refractivity (Wildman–Crippen MR) is 112 cm³/mol. The highest BCUT2D eigenvalue weighted by atomic mass is 16.5. The van der Waals surface area contributed by atoms with E-state index in [2.05, 4.69) is 41.3 Å². The van der Waals surface area contributed by atoms with Crippen molar-refractivity contribution in [1.29, 1.82) is 0 Å². The van der Waals surface area contributed by atoms with Crippen LogP contribution in [0.15, 0.2) is 42.5 Å². The summed E-state index contributed by atoms with van der Waals surface area (Å²) in [4.78, 5) is 17.0. The number of hydrogen-bond acceptors (Lipinski definition) is 5. The molecule has 2 aliphatic heterocycles. The highest BCUT2D eigenvalue weighted by Gasteiger charge is 2.24. The van der Waals surface area contributed by atoms with E-state index in [9.17, 15) is 4.79 Å². The van der Waals surface area contributed by atoms with Crippen molar-refractivity contribution < 1.29 is 19.0 Å². The number of carbonyl (C=O) groups is 1. The van der Waals surface area contributed by atoms with Crippen LogP contribution in [0.5, 0.6) is 0 Å². The van der Waals surface area contributed by atoms with Crippen molar-refractivity contribution in [2.75, 3.05) is 58.0 Å². The monoisotopic (exact) mass is 396 g/mol. The lowest BCUT2D eigenvalue weighted by Crippen LogP contribution is -2.43. The molecule has 0 radical (unpaired) electrons. The average molecular weight is 396 g/mol. The molecule has 6 heteroatoms. The number of rotatable bonds is 6. The van der Waals surface area contributed by atoms with Crippen LogP contribution in [-0.4, -0.2) is 63.9 Å². The molecule has 1 fully saturated rings. The molecule has 0 bridgehead atoms. The van der Waals surface area contributed by atoms with Gasteiger partial charge in [0, 0.05) is 44.5 Å². The molecule has 0 unspecified atom stereocenters. The van der Waals surface area contributed by atoms with Gasteiger partial charge in [-0.05, 0) is 28.8 Å². The van der Waals surface area contributed by atoms with Gasteiger partial charge in [0.15, 0.2) is 0 Å².